The van der Waals surface area contributed by atoms with E-state index in [1.165, 1.54) is 11.1 Å². The van der Waals surface area contributed by atoms with E-state index in [9.17, 15) is 0 Å². The summed E-state index contributed by atoms with van der Waals surface area (Å²) >= 11 is 5.65. The van der Waals surface area contributed by atoms with Crippen molar-refractivity contribution in [2.75, 3.05) is 0 Å². The van der Waals surface area contributed by atoms with E-state index in [-0.39, 0.29) is 0 Å². The SMILES string of the molecule is Clc1ccc2cc1-2.OBO. The number of halogens is 1. The van der Waals surface area contributed by atoms with E-state index < -0.39 is 7.69 Å². The molecule has 0 unspecified atom stereocenters. The van der Waals surface area contributed by atoms with E-state index in [4.69, 9.17) is 21.6 Å². The summed E-state index contributed by atoms with van der Waals surface area (Å²) in [6, 6.07) is 6.02. The van der Waals surface area contributed by atoms with Crippen LogP contribution in [0.1, 0.15) is 0 Å². The van der Waals surface area contributed by atoms with Gasteiger partial charge in [0.2, 0.25) is 0 Å². The van der Waals surface area contributed by atoms with E-state index in [1.54, 1.807) is 0 Å². The van der Waals surface area contributed by atoms with E-state index in [0.29, 0.717) is 0 Å². The summed E-state index contributed by atoms with van der Waals surface area (Å²) in [6.45, 7) is 0. The number of hydrogen-bond acceptors (Lipinski definition) is 2. The molecule has 2 aliphatic carbocycles. The third-order valence-corrected chi connectivity index (χ3v) is 1.52. The Bertz CT molecular complexity index is 239. The molecule has 2 aliphatic rings. The molecule has 0 spiro atoms. The average Bonchev–Trinajstić information content (AvgIpc) is 2.57. The fourth-order valence-corrected chi connectivity index (χ4v) is 0.944. The monoisotopic (exact) mass is 156 g/mol. The van der Waals surface area contributed by atoms with Crippen LogP contribution in [0.4, 0.5) is 0 Å². The zero-order valence-corrected chi connectivity index (χ0v) is 5.97. The molecule has 0 aromatic carbocycles. The molecule has 0 bridgehead atoms. The molecule has 4 heteroatoms. The Morgan fingerprint density at radius 1 is 1.30 bits per heavy atom. The van der Waals surface area contributed by atoms with Crippen LogP contribution in [-0.4, -0.2) is 17.7 Å². The fourth-order valence-electron chi connectivity index (χ4n) is 0.717. The van der Waals surface area contributed by atoms with Crippen molar-refractivity contribution in [3.8, 4) is 11.1 Å². The summed E-state index contributed by atoms with van der Waals surface area (Å²) in [6.07, 6.45) is 0. The van der Waals surface area contributed by atoms with Crippen LogP contribution in [0.15, 0.2) is 18.2 Å². The quantitative estimate of drug-likeness (QED) is 0.547. The molecule has 0 saturated carbocycles. The normalized spacial score (nSPS) is 9.50. The Labute approximate surface area is 64.4 Å². The van der Waals surface area contributed by atoms with Crippen LogP contribution in [-0.2, 0) is 0 Å². The lowest BCUT2D eigenvalue weighted by atomic mass is 10.5. The average molecular weight is 156 g/mol. The Kier molecular flexibility index (Phi) is 2.32. The van der Waals surface area contributed by atoms with Gasteiger partial charge in [-0.05, 0) is 17.7 Å². The van der Waals surface area contributed by atoms with Crippen molar-refractivity contribution in [2.24, 2.45) is 0 Å². The number of hydrogen-bond donors (Lipinski definition) is 2. The maximum atomic E-state index is 7.12. The summed E-state index contributed by atoms with van der Waals surface area (Å²) in [5.74, 6) is 0. The minimum atomic E-state index is -0.750. The van der Waals surface area contributed by atoms with Crippen molar-refractivity contribution in [1.29, 1.82) is 0 Å². The van der Waals surface area contributed by atoms with Gasteiger partial charge in [-0.25, -0.2) is 0 Å². The lowest BCUT2D eigenvalue weighted by Gasteiger charge is -1.68. The van der Waals surface area contributed by atoms with Gasteiger partial charge >= 0.3 is 7.69 Å². The van der Waals surface area contributed by atoms with Gasteiger partial charge in [0.25, 0.3) is 0 Å². The van der Waals surface area contributed by atoms with Gasteiger partial charge in [0.15, 0.2) is 0 Å². The molecule has 2 N–H and O–H groups in total. The standard InChI is InChI=1S/C6H3Cl.BH3O2/c7-6-2-1-4-3-5(4)6;2-1-3/h1-3H;1-3H. The molecule has 0 fully saturated rings. The second-order valence-electron chi connectivity index (χ2n) is 1.84. The molecule has 0 aromatic rings. The molecule has 0 aliphatic heterocycles. The van der Waals surface area contributed by atoms with Crippen LogP contribution in [0.2, 0.25) is 5.02 Å². The molecule has 0 aromatic heterocycles. The Morgan fingerprint density at radius 2 is 1.90 bits per heavy atom. The third kappa shape index (κ3) is 1.50. The lowest BCUT2D eigenvalue weighted by Crippen LogP contribution is -1.75. The van der Waals surface area contributed by atoms with Crippen LogP contribution in [0, 0.1) is 0 Å². The summed E-state index contributed by atoms with van der Waals surface area (Å²) < 4.78 is 0. The molecular weight excluding hydrogens is 150 g/mol. The van der Waals surface area contributed by atoms with Crippen molar-refractivity contribution < 1.29 is 10.0 Å². The molecule has 2 rings (SSSR count). The lowest BCUT2D eigenvalue weighted by molar-refractivity contribution is 0.448. The number of fused-ring (bicyclic) bond motifs is 1. The van der Waals surface area contributed by atoms with Gasteiger partial charge in [0, 0.05) is 10.6 Å². The molecular formula is C6H6BClO2. The third-order valence-electron chi connectivity index (χ3n) is 1.19. The summed E-state index contributed by atoms with van der Waals surface area (Å²) in [5, 5.41) is 15.1. The van der Waals surface area contributed by atoms with Crippen LogP contribution >= 0.6 is 11.6 Å². The van der Waals surface area contributed by atoms with Gasteiger partial charge in [0.1, 0.15) is 0 Å². The zero-order valence-electron chi connectivity index (χ0n) is 5.21. The van der Waals surface area contributed by atoms with Gasteiger partial charge in [-0.2, -0.15) is 0 Å². The number of rotatable bonds is 0. The minimum absolute atomic E-state index is 0.750. The highest BCUT2D eigenvalue weighted by atomic mass is 35.5. The van der Waals surface area contributed by atoms with Crippen molar-refractivity contribution in [3.05, 3.63) is 23.2 Å². The Morgan fingerprint density at radius 3 is 2.00 bits per heavy atom. The first-order valence-corrected chi connectivity index (χ1v) is 3.19. The van der Waals surface area contributed by atoms with Gasteiger partial charge in [-0.3, -0.25) is 0 Å². The highest BCUT2D eigenvalue weighted by molar-refractivity contribution is 6.35. The Hall–Kier alpha value is -0.505. The first-order chi connectivity index (χ1) is 4.79. The van der Waals surface area contributed by atoms with Gasteiger partial charge < -0.3 is 10.0 Å². The molecule has 2 nitrogen and oxygen atoms in total. The van der Waals surface area contributed by atoms with Crippen LogP contribution in [0.3, 0.4) is 0 Å². The van der Waals surface area contributed by atoms with Gasteiger partial charge in [-0.1, -0.05) is 17.7 Å². The molecule has 0 radical (unpaired) electrons. The Balaban J connectivity index is 0.000000148. The minimum Gasteiger partial charge on any atom is -0.430 e. The topological polar surface area (TPSA) is 40.5 Å². The van der Waals surface area contributed by atoms with Crippen LogP contribution < -0.4 is 0 Å². The highest BCUT2D eigenvalue weighted by Crippen LogP contribution is 2.40. The summed E-state index contributed by atoms with van der Waals surface area (Å²) in [7, 11) is -0.750. The van der Waals surface area contributed by atoms with Crippen LogP contribution in [0.25, 0.3) is 11.1 Å². The van der Waals surface area contributed by atoms with E-state index >= 15 is 0 Å². The van der Waals surface area contributed by atoms with Crippen molar-refractivity contribution >= 4 is 19.3 Å². The van der Waals surface area contributed by atoms with Crippen molar-refractivity contribution in [3.63, 3.8) is 0 Å². The smallest absolute Gasteiger partial charge is 0.430 e. The maximum Gasteiger partial charge on any atom is 0.432 e. The first-order valence-electron chi connectivity index (χ1n) is 2.81. The highest BCUT2D eigenvalue weighted by Gasteiger charge is 2.14. The summed E-state index contributed by atoms with van der Waals surface area (Å²) in [4.78, 5) is 0. The van der Waals surface area contributed by atoms with Crippen LogP contribution in [0.5, 0.6) is 0 Å². The van der Waals surface area contributed by atoms with Gasteiger partial charge in [-0.15, -0.1) is 0 Å². The maximum absolute atomic E-state index is 7.12. The van der Waals surface area contributed by atoms with E-state index in [1.807, 2.05) is 12.1 Å². The second kappa shape index (κ2) is 3.06. The fraction of sp³-hybridized carbons (Fsp3) is 0. The second-order valence-corrected chi connectivity index (χ2v) is 2.24. The molecule has 0 heterocycles. The summed E-state index contributed by atoms with van der Waals surface area (Å²) in [5.41, 5.74) is 2.55. The van der Waals surface area contributed by atoms with Crippen molar-refractivity contribution in [2.45, 2.75) is 0 Å². The molecule has 0 amide bonds. The number of benzene rings is 1. The van der Waals surface area contributed by atoms with E-state index in [0.717, 1.165) is 5.02 Å². The molecule has 10 heavy (non-hydrogen) atoms. The first kappa shape index (κ1) is 7.60. The van der Waals surface area contributed by atoms with Crippen molar-refractivity contribution in [1.82, 2.24) is 0 Å². The predicted molar refractivity (Wildman–Crippen MR) is 42.0 cm³/mol. The zero-order chi connectivity index (χ0) is 7.56. The molecule has 0 saturated heterocycles. The predicted octanol–water partition coefficient (Wildman–Crippen LogP) is 0.558. The molecule has 0 atom stereocenters. The largest absolute Gasteiger partial charge is 0.432 e. The van der Waals surface area contributed by atoms with E-state index in [2.05, 4.69) is 6.07 Å². The molecule has 52 valence electrons. The van der Waals surface area contributed by atoms with Gasteiger partial charge in [0.05, 0.1) is 0 Å².